The van der Waals surface area contributed by atoms with Crippen molar-refractivity contribution in [2.24, 2.45) is 5.92 Å². The van der Waals surface area contributed by atoms with Crippen molar-refractivity contribution in [1.29, 1.82) is 0 Å². The van der Waals surface area contributed by atoms with E-state index in [4.69, 9.17) is 11.6 Å². The van der Waals surface area contributed by atoms with Crippen molar-refractivity contribution in [3.8, 4) is 0 Å². The lowest BCUT2D eigenvalue weighted by Gasteiger charge is -2.19. The number of halogens is 1. The van der Waals surface area contributed by atoms with Gasteiger partial charge in [0.2, 0.25) is 0 Å². The van der Waals surface area contributed by atoms with E-state index >= 15 is 0 Å². The minimum atomic E-state index is -0.0715. The predicted octanol–water partition coefficient (Wildman–Crippen LogP) is 3.11. The van der Waals surface area contributed by atoms with E-state index in [0.717, 1.165) is 19.3 Å². The third-order valence-electron chi connectivity index (χ3n) is 3.40. The molecule has 1 atom stereocenters. The number of nitrogens with zero attached hydrogens (tertiary/aromatic N) is 2. The molecular formula is C14H24ClN3O. The lowest BCUT2D eigenvalue weighted by Crippen LogP contribution is -2.29. The third-order valence-corrected chi connectivity index (χ3v) is 3.91. The minimum absolute atomic E-state index is 0.0241. The first-order valence-corrected chi connectivity index (χ1v) is 7.50. The van der Waals surface area contributed by atoms with Crippen molar-refractivity contribution in [2.45, 2.75) is 52.0 Å². The van der Waals surface area contributed by atoms with E-state index < -0.39 is 0 Å². The van der Waals surface area contributed by atoms with Gasteiger partial charge < -0.3 is 9.88 Å². The first-order valence-electron chi connectivity index (χ1n) is 7.07. The molecule has 1 heterocycles. The summed E-state index contributed by atoms with van der Waals surface area (Å²) in [6.07, 6.45) is 6.40. The van der Waals surface area contributed by atoms with Crippen molar-refractivity contribution in [2.75, 3.05) is 11.9 Å². The standard InChI is InChI=1S/C14H24ClN3O/c1-4-8-18-9-7-16-13(14(18)19)17-10-12(15)11(5-2)6-3/h7,9,11-12H,4-6,8,10H2,1-3H3,(H,16,17). The minimum Gasteiger partial charge on any atom is -0.364 e. The zero-order chi connectivity index (χ0) is 14.3. The van der Waals surface area contributed by atoms with Gasteiger partial charge in [-0.25, -0.2) is 4.98 Å². The fraction of sp³-hybridized carbons (Fsp3) is 0.714. The molecule has 0 spiro atoms. The normalized spacial score (nSPS) is 12.7. The molecule has 1 N–H and O–H groups in total. The molecule has 0 bridgehead atoms. The summed E-state index contributed by atoms with van der Waals surface area (Å²) >= 11 is 6.35. The van der Waals surface area contributed by atoms with E-state index in [2.05, 4.69) is 24.1 Å². The van der Waals surface area contributed by atoms with Gasteiger partial charge in [-0.15, -0.1) is 11.6 Å². The highest BCUT2D eigenvalue weighted by molar-refractivity contribution is 6.21. The summed E-state index contributed by atoms with van der Waals surface area (Å²) in [5.74, 6) is 0.864. The molecule has 0 aromatic carbocycles. The van der Waals surface area contributed by atoms with Crippen LogP contribution in [0, 0.1) is 5.92 Å². The first-order chi connectivity index (χ1) is 9.13. The maximum Gasteiger partial charge on any atom is 0.293 e. The van der Waals surface area contributed by atoms with Gasteiger partial charge in [0, 0.05) is 25.5 Å². The van der Waals surface area contributed by atoms with Gasteiger partial charge in [0.15, 0.2) is 5.82 Å². The highest BCUT2D eigenvalue weighted by atomic mass is 35.5. The van der Waals surface area contributed by atoms with Crippen LogP contribution in [-0.4, -0.2) is 21.5 Å². The van der Waals surface area contributed by atoms with E-state index in [1.54, 1.807) is 17.0 Å². The summed E-state index contributed by atoms with van der Waals surface area (Å²) in [6.45, 7) is 7.61. The van der Waals surface area contributed by atoms with Crippen LogP contribution >= 0.6 is 11.6 Å². The number of aryl methyl sites for hydroxylation is 1. The molecule has 0 radical (unpaired) electrons. The molecule has 1 unspecified atom stereocenters. The second kappa shape index (κ2) is 8.20. The highest BCUT2D eigenvalue weighted by Crippen LogP contribution is 2.18. The molecule has 1 aromatic heterocycles. The Balaban J connectivity index is 2.68. The second-order valence-corrected chi connectivity index (χ2v) is 5.31. The number of rotatable bonds is 8. The van der Waals surface area contributed by atoms with Gasteiger partial charge in [0.25, 0.3) is 5.56 Å². The summed E-state index contributed by atoms with van der Waals surface area (Å²) < 4.78 is 1.68. The number of nitrogens with one attached hydrogen (secondary N) is 1. The highest BCUT2D eigenvalue weighted by Gasteiger charge is 2.16. The van der Waals surface area contributed by atoms with Gasteiger partial charge >= 0.3 is 0 Å². The summed E-state index contributed by atoms with van der Waals surface area (Å²) in [6, 6.07) is 0. The Hall–Kier alpha value is -1.03. The molecule has 1 aromatic rings. The maximum absolute atomic E-state index is 12.1. The fourth-order valence-corrected chi connectivity index (χ4v) is 2.58. The van der Waals surface area contributed by atoms with Crippen LogP contribution in [0.15, 0.2) is 17.2 Å². The molecule has 1 rings (SSSR count). The summed E-state index contributed by atoms with van der Waals surface area (Å²) in [5.41, 5.74) is -0.0715. The molecule has 0 aliphatic heterocycles. The molecule has 0 aliphatic carbocycles. The van der Waals surface area contributed by atoms with Crippen LogP contribution < -0.4 is 10.9 Å². The molecule has 0 saturated carbocycles. The van der Waals surface area contributed by atoms with E-state index in [0.29, 0.717) is 24.8 Å². The van der Waals surface area contributed by atoms with Crippen LogP contribution in [0.1, 0.15) is 40.0 Å². The Morgan fingerprint density at radius 3 is 2.63 bits per heavy atom. The summed E-state index contributed by atoms with van der Waals surface area (Å²) in [4.78, 5) is 16.2. The Labute approximate surface area is 120 Å². The van der Waals surface area contributed by atoms with Crippen molar-refractivity contribution in [3.63, 3.8) is 0 Å². The number of hydrogen-bond acceptors (Lipinski definition) is 3. The molecule has 4 nitrogen and oxygen atoms in total. The number of anilines is 1. The van der Waals surface area contributed by atoms with Crippen molar-refractivity contribution < 1.29 is 0 Å². The Morgan fingerprint density at radius 1 is 1.37 bits per heavy atom. The smallest absolute Gasteiger partial charge is 0.293 e. The predicted molar refractivity (Wildman–Crippen MR) is 81.0 cm³/mol. The van der Waals surface area contributed by atoms with Gasteiger partial charge in [0.05, 0.1) is 5.38 Å². The van der Waals surface area contributed by atoms with Crippen LogP contribution in [0.3, 0.4) is 0 Å². The van der Waals surface area contributed by atoms with E-state index in [-0.39, 0.29) is 10.9 Å². The monoisotopic (exact) mass is 285 g/mol. The van der Waals surface area contributed by atoms with Gasteiger partial charge in [-0.2, -0.15) is 0 Å². The molecule has 108 valence electrons. The second-order valence-electron chi connectivity index (χ2n) is 4.75. The summed E-state index contributed by atoms with van der Waals surface area (Å²) in [5, 5.41) is 3.11. The first kappa shape index (κ1) is 16.0. The van der Waals surface area contributed by atoms with Crippen LogP contribution in [0.2, 0.25) is 0 Å². The van der Waals surface area contributed by atoms with Crippen LogP contribution in [0.4, 0.5) is 5.82 Å². The largest absolute Gasteiger partial charge is 0.364 e. The van der Waals surface area contributed by atoms with Gasteiger partial charge in [-0.3, -0.25) is 4.79 Å². The molecule has 5 heteroatoms. The third kappa shape index (κ3) is 4.53. The van der Waals surface area contributed by atoms with E-state index in [1.165, 1.54) is 0 Å². The lowest BCUT2D eigenvalue weighted by molar-refractivity contribution is 0.475. The van der Waals surface area contributed by atoms with Crippen LogP contribution in [0.5, 0.6) is 0 Å². The Morgan fingerprint density at radius 2 is 2.05 bits per heavy atom. The average molecular weight is 286 g/mol. The average Bonchev–Trinajstić information content (AvgIpc) is 2.41. The molecule has 19 heavy (non-hydrogen) atoms. The van der Waals surface area contributed by atoms with Gasteiger partial charge in [-0.1, -0.05) is 33.6 Å². The molecule has 0 saturated heterocycles. The molecule has 0 amide bonds. The van der Waals surface area contributed by atoms with Crippen LogP contribution in [0.25, 0.3) is 0 Å². The van der Waals surface area contributed by atoms with Crippen LogP contribution in [-0.2, 0) is 6.54 Å². The fourth-order valence-electron chi connectivity index (χ4n) is 2.15. The number of alkyl halides is 1. The molecular weight excluding hydrogens is 262 g/mol. The van der Waals surface area contributed by atoms with Crippen molar-refractivity contribution >= 4 is 17.4 Å². The van der Waals surface area contributed by atoms with Crippen molar-refractivity contribution in [3.05, 3.63) is 22.7 Å². The van der Waals surface area contributed by atoms with Crippen molar-refractivity contribution in [1.82, 2.24) is 9.55 Å². The Kier molecular flexibility index (Phi) is 6.92. The quantitative estimate of drug-likeness (QED) is 0.747. The number of hydrogen-bond donors (Lipinski definition) is 1. The van der Waals surface area contributed by atoms with E-state index in [9.17, 15) is 4.79 Å². The van der Waals surface area contributed by atoms with Gasteiger partial charge in [-0.05, 0) is 12.3 Å². The van der Waals surface area contributed by atoms with Gasteiger partial charge in [0.1, 0.15) is 0 Å². The zero-order valence-electron chi connectivity index (χ0n) is 12.0. The SMILES string of the molecule is CCCn1ccnc(NCC(Cl)C(CC)CC)c1=O. The Bertz CT molecular complexity index is 429. The topological polar surface area (TPSA) is 46.9 Å². The zero-order valence-corrected chi connectivity index (χ0v) is 12.8. The lowest BCUT2D eigenvalue weighted by atomic mass is 9.99. The summed E-state index contributed by atoms with van der Waals surface area (Å²) in [7, 11) is 0. The van der Waals surface area contributed by atoms with E-state index in [1.807, 2.05) is 6.92 Å². The number of aromatic nitrogens is 2. The molecule has 0 fully saturated rings. The maximum atomic E-state index is 12.1. The molecule has 0 aliphatic rings.